The SMILES string of the molecule is Cc1[nH]c(C#N)c(C(F)F)c1Nc1ccc(O[Si](C(C)C)(C(C)C)C(C)C)cc1. The average molecular weight is 420 g/mol. The molecule has 4 nitrogen and oxygen atoms in total. The van der Waals surface area contributed by atoms with Gasteiger partial charge in [0.25, 0.3) is 14.7 Å². The molecule has 0 spiro atoms. The van der Waals surface area contributed by atoms with Gasteiger partial charge < -0.3 is 14.7 Å². The topological polar surface area (TPSA) is 60.8 Å². The summed E-state index contributed by atoms with van der Waals surface area (Å²) in [4.78, 5) is 2.72. The summed E-state index contributed by atoms with van der Waals surface area (Å²) in [5.41, 5.74) is 2.39. The van der Waals surface area contributed by atoms with Gasteiger partial charge in [0.15, 0.2) is 0 Å². The predicted octanol–water partition coefficient (Wildman–Crippen LogP) is 7.43. The van der Waals surface area contributed by atoms with E-state index in [1.807, 2.05) is 24.3 Å². The highest BCUT2D eigenvalue weighted by atomic mass is 28.4. The fourth-order valence-corrected chi connectivity index (χ4v) is 9.67. The van der Waals surface area contributed by atoms with Gasteiger partial charge in [-0.2, -0.15) is 5.26 Å². The third kappa shape index (κ3) is 4.48. The first-order valence-electron chi connectivity index (χ1n) is 10.0. The lowest BCUT2D eigenvalue weighted by molar-refractivity contribution is 0.152. The third-order valence-corrected chi connectivity index (χ3v) is 11.7. The van der Waals surface area contributed by atoms with Crippen LogP contribution in [0.1, 0.15) is 64.9 Å². The second-order valence-corrected chi connectivity index (χ2v) is 13.8. The number of aromatic amines is 1. The third-order valence-electron chi connectivity index (χ3n) is 5.68. The van der Waals surface area contributed by atoms with Gasteiger partial charge in [0.1, 0.15) is 17.5 Å². The minimum Gasteiger partial charge on any atom is -0.543 e. The molecule has 2 rings (SSSR count). The number of H-pyrrole nitrogens is 1. The molecule has 158 valence electrons. The molecule has 29 heavy (non-hydrogen) atoms. The normalized spacial score (nSPS) is 12.1. The predicted molar refractivity (Wildman–Crippen MR) is 117 cm³/mol. The molecule has 0 radical (unpaired) electrons. The van der Waals surface area contributed by atoms with Gasteiger partial charge in [0, 0.05) is 11.4 Å². The summed E-state index contributed by atoms with van der Waals surface area (Å²) in [7, 11) is -2.05. The van der Waals surface area contributed by atoms with Crippen LogP contribution in [0.3, 0.4) is 0 Å². The first-order chi connectivity index (χ1) is 13.5. The maximum atomic E-state index is 13.4. The van der Waals surface area contributed by atoms with Gasteiger partial charge in [-0.05, 0) is 47.8 Å². The number of nitrogens with zero attached hydrogens (tertiary/aromatic N) is 1. The van der Waals surface area contributed by atoms with E-state index in [4.69, 9.17) is 9.69 Å². The van der Waals surface area contributed by atoms with Crippen LogP contribution in [0.15, 0.2) is 24.3 Å². The number of aromatic nitrogens is 1. The molecule has 0 unspecified atom stereocenters. The number of anilines is 2. The molecule has 0 atom stereocenters. The van der Waals surface area contributed by atoms with Crippen LogP contribution in [0.4, 0.5) is 20.2 Å². The Morgan fingerprint density at radius 2 is 1.52 bits per heavy atom. The molecule has 1 heterocycles. The van der Waals surface area contributed by atoms with E-state index in [1.165, 1.54) is 0 Å². The summed E-state index contributed by atoms with van der Waals surface area (Å²) in [5, 5.41) is 12.1. The molecule has 0 aliphatic heterocycles. The Morgan fingerprint density at radius 3 is 1.93 bits per heavy atom. The summed E-state index contributed by atoms with van der Waals surface area (Å²) >= 11 is 0. The molecule has 0 amide bonds. The molecule has 0 aliphatic rings. The Hall–Kier alpha value is -2.33. The fourth-order valence-electron chi connectivity index (χ4n) is 4.42. The van der Waals surface area contributed by atoms with Crippen LogP contribution in [-0.2, 0) is 0 Å². The highest BCUT2D eigenvalue weighted by molar-refractivity contribution is 6.78. The average Bonchev–Trinajstić information content (AvgIpc) is 2.95. The van der Waals surface area contributed by atoms with Crippen molar-refractivity contribution in [3.63, 3.8) is 0 Å². The van der Waals surface area contributed by atoms with Crippen LogP contribution in [0.5, 0.6) is 5.75 Å². The minimum atomic E-state index is -2.74. The molecule has 7 heteroatoms. The number of alkyl halides is 2. The van der Waals surface area contributed by atoms with E-state index in [2.05, 4.69) is 51.8 Å². The van der Waals surface area contributed by atoms with E-state index < -0.39 is 14.7 Å². The summed E-state index contributed by atoms with van der Waals surface area (Å²) in [6.45, 7) is 15.1. The van der Waals surface area contributed by atoms with Gasteiger partial charge in [-0.15, -0.1) is 0 Å². The van der Waals surface area contributed by atoms with Gasteiger partial charge >= 0.3 is 0 Å². The van der Waals surface area contributed by atoms with Crippen molar-refractivity contribution in [2.24, 2.45) is 0 Å². The number of nitriles is 1. The maximum Gasteiger partial charge on any atom is 0.268 e. The Balaban J connectivity index is 2.30. The van der Waals surface area contributed by atoms with E-state index >= 15 is 0 Å². The number of benzene rings is 1. The monoisotopic (exact) mass is 419 g/mol. The molecule has 0 bridgehead atoms. The molecular formula is C22H31F2N3OSi. The summed E-state index contributed by atoms with van der Waals surface area (Å²) < 4.78 is 33.5. The van der Waals surface area contributed by atoms with Crippen LogP contribution in [-0.4, -0.2) is 13.3 Å². The van der Waals surface area contributed by atoms with Crippen molar-refractivity contribution in [3.8, 4) is 11.8 Å². The Labute approximate surface area is 173 Å². The van der Waals surface area contributed by atoms with Crippen molar-refractivity contribution in [1.82, 2.24) is 4.98 Å². The van der Waals surface area contributed by atoms with Gasteiger partial charge in [0.05, 0.1) is 11.3 Å². The van der Waals surface area contributed by atoms with Crippen LogP contribution >= 0.6 is 0 Å². The minimum absolute atomic E-state index is 0.110. The molecule has 1 aromatic heterocycles. The lowest BCUT2D eigenvalue weighted by atomic mass is 10.2. The number of hydrogen-bond acceptors (Lipinski definition) is 3. The Kier molecular flexibility index (Phi) is 7.12. The van der Waals surface area contributed by atoms with Gasteiger partial charge in [-0.25, -0.2) is 8.78 Å². The molecule has 0 saturated heterocycles. The van der Waals surface area contributed by atoms with E-state index in [1.54, 1.807) is 13.0 Å². The highest BCUT2D eigenvalue weighted by Gasteiger charge is 2.46. The first-order valence-corrected chi connectivity index (χ1v) is 12.1. The van der Waals surface area contributed by atoms with Crippen LogP contribution < -0.4 is 9.74 Å². The van der Waals surface area contributed by atoms with Crippen molar-refractivity contribution in [3.05, 3.63) is 41.2 Å². The molecule has 0 saturated carbocycles. The number of aryl methyl sites for hydroxylation is 1. The zero-order valence-electron chi connectivity index (χ0n) is 18.2. The molecule has 2 aromatic rings. The Morgan fingerprint density at radius 1 is 1.00 bits per heavy atom. The smallest absolute Gasteiger partial charge is 0.268 e. The molecule has 0 fully saturated rings. The van der Waals surface area contributed by atoms with E-state index in [-0.39, 0.29) is 16.9 Å². The second-order valence-electron chi connectivity index (χ2n) is 8.40. The summed E-state index contributed by atoms with van der Waals surface area (Å²) in [5.74, 6) is 0.802. The van der Waals surface area contributed by atoms with Crippen molar-refractivity contribution in [2.75, 3.05) is 5.32 Å². The number of halogens is 2. The number of nitrogens with one attached hydrogen (secondary N) is 2. The van der Waals surface area contributed by atoms with Crippen molar-refractivity contribution in [1.29, 1.82) is 5.26 Å². The highest BCUT2D eigenvalue weighted by Crippen LogP contribution is 2.43. The van der Waals surface area contributed by atoms with Crippen LogP contribution in [0.25, 0.3) is 0 Å². The zero-order valence-corrected chi connectivity index (χ0v) is 19.2. The lowest BCUT2D eigenvalue weighted by Crippen LogP contribution is -2.50. The summed E-state index contributed by atoms with van der Waals surface area (Å²) in [6.07, 6.45) is -2.74. The Bertz CT molecular complexity index is 846. The fraction of sp³-hybridized carbons (Fsp3) is 0.500. The summed E-state index contributed by atoms with van der Waals surface area (Å²) in [6, 6.07) is 9.21. The zero-order chi connectivity index (χ0) is 21.9. The number of hydrogen-bond donors (Lipinski definition) is 2. The van der Waals surface area contributed by atoms with Gasteiger partial charge in [0.2, 0.25) is 0 Å². The quantitative estimate of drug-likeness (QED) is 0.437. The molecule has 2 N–H and O–H groups in total. The van der Waals surface area contributed by atoms with E-state index in [9.17, 15) is 8.78 Å². The first kappa shape index (κ1) is 23.0. The largest absolute Gasteiger partial charge is 0.543 e. The number of rotatable bonds is 8. The van der Waals surface area contributed by atoms with Crippen molar-refractivity contribution >= 4 is 19.7 Å². The molecule has 1 aromatic carbocycles. The maximum absolute atomic E-state index is 13.4. The van der Waals surface area contributed by atoms with E-state index in [0.29, 0.717) is 28.0 Å². The molecular weight excluding hydrogens is 388 g/mol. The van der Waals surface area contributed by atoms with Crippen molar-refractivity contribution < 1.29 is 13.2 Å². The van der Waals surface area contributed by atoms with Crippen LogP contribution in [0, 0.1) is 18.3 Å². The lowest BCUT2D eigenvalue weighted by Gasteiger charge is -2.42. The second kappa shape index (κ2) is 9.00. The molecule has 0 aliphatic carbocycles. The van der Waals surface area contributed by atoms with Gasteiger partial charge in [-0.1, -0.05) is 41.5 Å². The van der Waals surface area contributed by atoms with Gasteiger partial charge in [-0.3, -0.25) is 0 Å². The van der Waals surface area contributed by atoms with Crippen molar-refractivity contribution in [2.45, 2.75) is 71.5 Å². The standard InChI is InChI=1S/C22H31F2N3OSi/c1-13(2)29(14(3)4,15(5)6)28-18-10-8-17(9-11-18)27-21-16(7)26-19(12-25)20(21)22(23)24/h8-11,13-15,22,26-27H,1-7H3. The van der Waals surface area contributed by atoms with Crippen LogP contribution in [0.2, 0.25) is 16.6 Å². The van der Waals surface area contributed by atoms with E-state index in [0.717, 1.165) is 5.75 Å².